The molecule has 0 saturated carbocycles. The van der Waals surface area contributed by atoms with Gasteiger partial charge in [0.2, 0.25) is 9.84 Å². The van der Waals surface area contributed by atoms with Crippen molar-refractivity contribution in [2.75, 3.05) is 12.5 Å². The monoisotopic (exact) mass is 914 g/mol. The van der Waals surface area contributed by atoms with Gasteiger partial charge in [-0.2, -0.15) is 9.98 Å². The maximum absolute atomic E-state index is 13.1. The molecule has 20 heteroatoms. The SMILES string of the molecule is Cc1cc(S(=O)(=O)c2ccccc2Br)c(S(C)(=O)=O)cc1C(=O)N=C(N)N.Cc1cc(Sc2ccccc2Br)c(S(C)(=O)=O)cc1C(=O)N=C(N)N. The van der Waals surface area contributed by atoms with Crippen molar-refractivity contribution in [1.29, 1.82) is 0 Å². The van der Waals surface area contributed by atoms with Gasteiger partial charge in [-0.25, -0.2) is 25.3 Å². The second-order valence-electron chi connectivity index (χ2n) is 10.9. The molecule has 0 fully saturated rings. The molecule has 14 nitrogen and oxygen atoms in total. The molecular formula is C32H32Br2N6O8S4. The van der Waals surface area contributed by atoms with Gasteiger partial charge in [-0.15, -0.1) is 0 Å². The standard InChI is InChI=1S/C16H16BrN3O5S2.C16H16BrN3O3S2/c1-9-7-14(27(24,25)12-6-4-3-5-11(12)17)13(26(2,22)23)8-10(9)15(21)20-16(18)19;1-9-7-13(24-12-6-4-3-5-11(12)17)14(25(2,22)23)8-10(9)15(21)20-16(18)19/h3-8H,1-2H3,(H4,18,19,20,21);3-8H,1-2H3,(H4,18,19,20,21). The molecule has 0 heterocycles. The number of aryl methyl sites for hydroxylation is 2. The normalized spacial score (nSPS) is 11.5. The highest BCUT2D eigenvalue weighted by Crippen LogP contribution is 2.38. The lowest BCUT2D eigenvalue weighted by Crippen LogP contribution is -2.24. The van der Waals surface area contributed by atoms with Crippen molar-refractivity contribution in [3.8, 4) is 0 Å². The average molecular weight is 917 g/mol. The second kappa shape index (κ2) is 16.7. The minimum absolute atomic E-state index is 0.0491. The molecule has 0 saturated heterocycles. The molecule has 0 aliphatic heterocycles. The third-order valence-electron chi connectivity index (χ3n) is 6.77. The van der Waals surface area contributed by atoms with Crippen molar-refractivity contribution >= 4 is 96.9 Å². The smallest absolute Gasteiger partial charge is 0.280 e. The number of hydrogen-bond acceptors (Lipinski definition) is 9. The van der Waals surface area contributed by atoms with E-state index in [-0.39, 0.29) is 36.9 Å². The Hall–Kier alpha value is -4.08. The van der Waals surface area contributed by atoms with Crippen molar-refractivity contribution in [3.63, 3.8) is 0 Å². The molecule has 276 valence electrons. The van der Waals surface area contributed by atoms with Gasteiger partial charge < -0.3 is 22.9 Å². The zero-order valence-corrected chi connectivity index (χ0v) is 34.2. The summed E-state index contributed by atoms with van der Waals surface area (Å²) >= 11 is 7.90. The first-order valence-corrected chi connectivity index (χ1v) is 22.0. The van der Waals surface area contributed by atoms with Gasteiger partial charge in [0.25, 0.3) is 11.8 Å². The van der Waals surface area contributed by atoms with E-state index in [9.17, 15) is 34.8 Å². The Kier molecular flexibility index (Phi) is 13.6. The number of halogens is 2. The number of nitrogens with zero attached hydrogens (tertiary/aromatic N) is 2. The summed E-state index contributed by atoms with van der Waals surface area (Å²) in [5.41, 5.74) is 21.7. The molecule has 0 bridgehead atoms. The molecule has 0 atom stereocenters. The maximum atomic E-state index is 13.1. The van der Waals surface area contributed by atoms with Crippen molar-refractivity contribution in [1.82, 2.24) is 0 Å². The summed E-state index contributed by atoms with van der Waals surface area (Å²) in [5.74, 6) is -2.43. The van der Waals surface area contributed by atoms with Crippen molar-refractivity contribution in [2.24, 2.45) is 32.9 Å². The lowest BCUT2D eigenvalue weighted by Gasteiger charge is -2.14. The highest BCUT2D eigenvalue weighted by molar-refractivity contribution is 9.10. The van der Waals surface area contributed by atoms with E-state index in [4.69, 9.17) is 22.9 Å². The van der Waals surface area contributed by atoms with E-state index >= 15 is 0 Å². The van der Waals surface area contributed by atoms with Crippen LogP contribution in [0.3, 0.4) is 0 Å². The number of nitrogens with two attached hydrogens (primary N) is 4. The van der Waals surface area contributed by atoms with Crippen LogP contribution in [0.25, 0.3) is 0 Å². The Balaban J connectivity index is 0.000000281. The van der Waals surface area contributed by atoms with E-state index in [1.54, 1.807) is 19.1 Å². The van der Waals surface area contributed by atoms with Crippen LogP contribution in [0.1, 0.15) is 31.8 Å². The van der Waals surface area contributed by atoms with E-state index in [1.807, 2.05) is 24.3 Å². The molecule has 2 amide bonds. The Labute approximate surface area is 322 Å². The number of sulfone groups is 3. The molecule has 52 heavy (non-hydrogen) atoms. The summed E-state index contributed by atoms with van der Waals surface area (Å²) in [6.45, 7) is 3.16. The Bertz CT molecular complexity index is 2480. The van der Waals surface area contributed by atoms with E-state index < -0.39 is 57.1 Å². The summed E-state index contributed by atoms with van der Waals surface area (Å²) in [5, 5.41) is 0. The van der Waals surface area contributed by atoms with E-state index in [1.165, 1.54) is 43.0 Å². The first-order chi connectivity index (χ1) is 23.9. The van der Waals surface area contributed by atoms with Crippen LogP contribution < -0.4 is 22.9 Å². The van der Waals surface area contributed by atoms with Crippen molar-refractivity contribution in [2.45, 2.75) is 43.2 Å². The van der Waals surface area contributed by atoms with E-state index in [0.29, 0.717) is 10.5 Å². The number of carbonyl (C=O) groups is 2. The zero-order chi connectivity index (χ0) is 39.3. The molecule has 0 aromatic heterocycles. The molecule has 4 aromatic rings. The summed E-state index contributed by atoms with van der Waals surface area (Å²) in [6, 6.07) is 18.5. The third kappa shape index (κ3) is 10.5. The number of rotatable bonds is 8. The van der Waals surface area contributed by atoms with Crippen LogP contribution in [0.5, 0.6) is 0 Å². The number of carbonyl (C=O) groups excluding carboxylic acids is 2. The number of aliphatic imine (C=N–C) groups is 2. The van der Waals surface area contributed by atoms with Crippen molar-refractivity contribution < 1.29 is 34.8 Å². The summed E-state index contributed by atoms with van der Waals surface area (Å²) in [7, 11) is -11.8. The van der Waals surface area contributed by atoms with Gasteiger partial charge in [0, 0.05) is 42.4 Å². The third-order valence-corrected chi connectivity index (χ3v) is 14.2. The Morgan fingerprint density at radius 3 is 1.48 bits per heavy atom. The fourth-order valence-electron chi connectivity index (χ4n) is 4.44. The highest BCUT2D eigenvalue weighted by Gasteiger charge is 2.30. The van der Waals surface area contributed by atoms with Crippen LogP contribution in [-0.4, -0.2) is 61.5 Å². The van der Waals surface area contributed by atoms with E-state index in [0.717, 1.165) is 34.0 Å². The summed E-state index contributed by atoms with van der Waals surface area (Å²) in [6.07, 6.45) is 1.95. The van der Waals surface area contributed by atoms with Gasteiger partial charge >= 0.3 is 0 Å². The molecule has 0 radical (unpaired) electrons. The largest absolute Gasteiger partial charge is 0.370 e. The lowest BCUT2D eigenvalue weighted by atomic mass is 10.1. The first-order valence-electron chi connectivity index (χ1n) is 14.3. The molecule has 4 aromatic carbocycles. The van der Waals surface area contributed by atoms with Crippen LogP contribution in [0.15, 0.2) is 121 Å². The van der Waals surface area contributed by atoms with Crippen LogP contribution in [0, 0.1) is 13.8 Å². The van der Waals surface area contributed by atoms with Gasteiger partial charge in [0.05, 0.1) is 19.6 Å². The molecule has 0 aliphatic rings. The Morgan fingerprint density at radius 2 is 1.02 bits per heavy atom. The number of guanidine groups is 2. The minimum Gasteiger partial charge on any atom is -0.370 e. The van der Waals surface area contributed by atoms with Gasteiger partial charge in [-0.3, -0.25) is 9.59 Å². The number of amides is 2. The fourth-order valence-corrected chi connectivity index (χ4v) is 11.2. The number of hydrogen-bond donors (Lipinski definition) is 4. The van der Waals surface area contributed by atoms with Crippen LogP contribution in [0.4, 0.5) is 0 Å². The van der Waals surface area contributed by atoms with Gasteiger partial charge in [0.1, 0.15) is 0 Å². The van der Waals surface area contributed by atoms with Crippen molar-refractivity contribution in [3.05, 3.63) is 104 Å². The molecule has 8 N–H and O–H groups in total. The quantitative estimate of drug-likeness (QED) is 0.143. The summed E-state index contributed by atoms with van der Waals surface area (Å²) < 4.78 is 76.2. The van der Waals surface area contributed by atoms with Gasteiger partial charge in [-0.1, -0.05) is 36.0 Å². The zero-order valence-electron chi connectivity index (χ0n) is 27.8. The molecule has 0 unspecified atom stereocenters. The average Bonchev–Trinajstić information content (AvgIpc) is 3.00. The lowest BCUT2D eigenvalue weighted by molar-refractivity contribution is 0.0993. The molecule has 0 spiro atoms. The molecular weight excluding hydrogens is 884 g/mol. The van der Waals surface area contributed by atoms with Crippen LogP contribution >= 0.6 is 43.6 Å². The van der Waals surface area contributed by atoms with Gasteiger partial charge in [-0.05, 0) is 105 Å². The maximum Gasteiger partial charge on any atom is 0.280 e. The van der Waals surface area contributed by atoms with Gasteiger partial charge in [0.15, 0.2) is 31.6 Å². The van der Waals surface area contributed by atoms with Crippen LogP contribution in [0.2, 0.25) is 0 Å². The summed E-state index contributed by atoms with van der Waals surface area (Å²) in [4.78, 5) is 31.5. The minimum atomic E-state index is -4.19. The Morgan fingerprint density at radius 1 is 0.577 bits per heavy atom. The van der Waals surface area contributed by atoms with E-state index in [2.05, 4.69) is 41.8 Å². The topological polar surface area (TPSA) is 265 Å². The predicted molar refractivity (Wildman–Crippen MR) is 207 cm³/mol. The second-order valence-corrected chi connectivity index (χ2v) is 19.6. The molecule has 4 rings (SSSR count). The highest BCUT2D eigenvalue weighted by atomic mass is 79.9. The predicted octanol–water partition coefficient (Wildman–Crippen LogP) is 4.13. The first kappa shape index (κ1) is 42.3. The van der Waals surface area contributed by atoms with Crippen LogP contribution in [-0.2, 0) is 29.5 Å². The molecule has 0 aliphatic carbocycles. The number of benzene rings is 4. The fraction of sp³-hybridized carbons (Fsp3) is 0.125.